The van der Waals surface area contributed by atoms with Crippen LogP contribution in [0.2, 0.25) is 0 Å². The molecule has 1 aliphatic rings. The van der Waals surface area contributed by atoms with E-state index in [1.54, 1.807) is 12.1 Å². The summed E-state index contributed by atoms with van der Waals surface area (Å²) in [5, 5.41) is 3.43. The lowest BCUT2D eigenvalue weighted by Gasteiger charge is -2.39. The van der Waals surface area contributed by atoms with E-state index in [0.717, 1.165) is 25.2 Å². The zero-order chi connectivity index (χ0) is 14.5. The van der Waals surface area contributed by atoms with Crippen LogP contribution in [-0.2, 0) is 0 Å². The molecule has 112 valence electrons. The fourth-order valence-corrected chi connectivity index (χ4v) is 3.20. The first-order valence-electron chi connectivity index (χ1n) is 7.41. The zero-order valence-corrected chi connectivity index (χ0v) is 12.7. The summed E-state index contributed by atoms with van der Waals surface area (Å²) in [5.74, 6) is 0.572. The number of methoxy groups -OCH3 is 1. The monoisotopic (exact) mass is 280 g/mol. The number of ether oxygens (including phenoxy) is 1. The molecule has 1 heterocycles. The van der Waals surface area contributed by atoms with Crippen molar-refractivity contribution in [2.75, 3.05) is 33.8 Å². The van der Waals surface area contributed by atoms with Gasteiger partial charge in [-0.3, -0.25) is 4.90 Å². The van der Waals surface area contributed by atoms with Crippen molar-refractivity contribution in [3.8, 4) is 5.75 Å². The highest BCUT2D eigenvalue weighted by Gasteiger charge is 2.30. The van der Waals surface area contributed by atoms with Crippen molar-refractivity contribution in [1.29, 1.82) is 0 Å². The van der Waals surface area contributed by atoms with E-state index in [1.807, 2.05) is 6.07 Å². The third-order valence-electron chi connectivity index (χ3n) is 4.18. The number of hydrogen-bond donors (Lipinski definition) is 1. The minimum atomic E-state index is -0.272. The Hall–Kier alpha value is -1.13. The Bertz CT molecular complexity index is 438. The molecule has 2 rings (SSSR count). The highest BCUT2D eigenvalue weighted by atomic mass is 19.1. The summed E-state index contributed by atoms with van der Waals surface area (Å²) in [6.45, 7) is 5.15. The van der Waals surface area contributed by atoms with Crippen LogP contribution in [0, 0.1) is 11.7 Å². The first-order chi connectivity index (χ1) is 9.67. The third kappa shape index (κ3) is 3.30. The molecule has 1 N–H and O–H groups in total. The van der Waals surface area contributed by atoms with Gasteiger partial charge in [0.15, 0.2) is 11.6 Å². The SMILES string of the molecule is CCNCC1CCCN(C)C1c1ccc(OC)c(F)c1. The van der Waals surface area contributed by atoms with Crippen molar-refractivity contribution in [2.45, 2.75) is 25.8 Å². The van der Waals surface area contributed by atoms with Gasteiger partial charge in [-0.15, -0.1) is 0 Å². The number of benzene rings is 1. The minimum Gasteiger partial charge on any atom is -0.494 e. The van der Waals surface area contributed by atoms with Crippen molar-refractivity contribution < 1.29 is 9.13 Å². The lowest BCUT2D eigenvalue weighted by molar-refractivity contribution is 0.119. The maximum atomic E-state index is 14.0. The molecular weight excluding hydrogens is 255 g/mol. The van der Waals surface area contributed by atoms with Crippen LogP contribution in [0.15, 0.2) is 18.2 Å². The van der Waals surface area contributed by atoms with Crippen LogP contribution in [0.1, 0.15) is 31.4 Å². The maximum Gasteiger partial charge on any atom is 0.165 e. The van der Waals surface area contributed by atoms with E-state index >= 15 is 0 Å². The lowest BCUT2D eigenvalue weighted by atomic mass is 9.85. The number of nitrogens with one attached hydrogen (secondary N) is 1. The van der Waals surface area contributed by atoms with E-state index in [0.29, 0.717) is 11.7 Å². The Balaban J connectivity index is 2.22. The number of rotatable bonds is 5. The molecule has 3 nitrogen and oxygen atoms in total. The van der Waals surface area contributed by atoms with Crippen molar-refractivity contribution >= 4 is 0 Å². The molecule has 0 aliphatic carbocycles. The normalized spacial score (nSPS) is 23.8. The molecule has 1 saturated heterocycles. The van der Waals surface area contributed by atoms with Gasteiger partial charge in [0.25, 0.3) is 0 Å². The molecule has 2 atom stereocenters. The summed E-state index contributed by atoms with van der Waals surface area (Å²) in [6, 6.07) is 5.64. The van der Waals surface area contributed by atoms with Gasteiger partial charge in [-0.05, 0) is 63.1 Å². The molecule has 0 saturated carbocycles. The van der Waals surface area contributed by atoms with Crippen LogP contribution in [0.3, 0.4) is 0 Å². The fourth-order valence-electron chi connectivity index (χ4n) is 3.20. The minimum absolute atomic E-state index is 0.272. The molecule has 0 aromatic heterocycles. The van der Waals surface area contributed by atoms with E-state index in [-0.39, 0.29) is 11.9 Å². The van der Waals surface area contributed by atoms with Gasteiger partial charge in [-0.2, -0.15) is 0 Å². The standard InChI is InChI=1S/C16H25FN2O/c1-4-18-11-13-6-5-9-19(2)16(13)12-7-8-15(20-3)14(17)10-12/h7-8,10,13,16,18H,4-6,9,11H2,1-3H3. The van der Waals surface area contributed by atoms with Gasteiger partial charge in [0.05, 0.1) is 7.11 Å². The van der Waals surface area contributed by atoms with Gasteiger partial charge < -0.3 is 10.1 Å². The summed E-state index contributed by atoms with van der Waals surface area (Å²) < 4.78 is 19.0. The van der Waals surface area contributed by atoms with Gasteiger partial charge in [0.2, 0.25) is 0 Å². The Kier molecular flexibility index (Phi) is 5.38. The third-order valence-corrected chi connectivity index (χ3v) is 4.18. The van der Waals surface area contributed by atoms with Crippen molar-refractivity contribution in [3.05, 3.63) is 29.6 Å². The van der Waals surface area contributed by atoms with Crippen LogP contribution in [0.25, 0.3) is 0 Å². The predicted octanol–water partition coefficient (Wildman–Crippen LogP) is 2.83. The highest BCUT2D eigenvalue weighted by molar-refractivity contribution is 5.31. The molecule has 2 unspecified atom stereocenters. The van der Waals surface area contributed by atoms with Crippen LogP contribution in [0.4, 0.5) is 4.39 Å². The van der Waals surface area contributed by atoms with Crippen molar-refractivity contribution in [3.63, 3.8) is 0 Å². The summed E-state index contributed by atoms with van der Waals surface area (Å²) >= 11 is 0. The van der Waals surface area contributed by atoms with E-state index in [1.165, 1.54) is 20.0 Å². The summed E-state index contributed by atoms with van der Waals surface area (Å²) in [6.07, 6.45) is 2.40. The molecule has 1 aromatic rings. The number of halogens is 1. The number of hydrogen-bond acceptors (Lipinski definition) is 3. The number of piperidine rings is 1. The van der Waals surface area contributed by atoms with Crippen molar-refractivity contribution in [2.24, 2.45) is 5.92 Å². The first kappa shape index (κ1) is 15.3. The second-order valence-electron chi connectivity index (χ2n) is 5.53. The zero-order valence-electron chi connectivity index (χ0n) is 12.7. The van der Waals surface area contributed by atoms with Crippen LogP contribution >= 0.6 is 0 Å². The van der Waals surface area contributed by atoms with E-state index in [4.69, 9.17) is 4.74 Å². The lowest BCUT2D eigenvalue weighted by Crippen LogP contribution is -2.40. The summed E-state index contributed by atoms with van der Waals surface area (Å²) in [7, 11) is 3.63. The van der Waals surface area contributed by atoms with Gasteiger partial charge in [-0.25, -0.2) is 4.39 Å². The van der Waals surface area contributed by atoms with Gasteiger partial charge in [0.1, 0.15) is 0 Å². The molecule has 0 spiro atoms. The molecular formula is C16H25FN2O. The second kappa shape index (κ2) is 7.04. The smallest absolute Gasteiger partial charge is 0.165 e. The summed E-state index contributed by atoms with van der Waals surface area (Å²) in [4.78, 5) is 2.34. The van der Waals surface area contributed by atoms with Crippen LogP contribution in [0.5, 0.6) is 5.75 Å². The molecule has 1 aliphatic heterocycles. The topological polar surface area (TPSA) is 24.5 Å². The van der Waals surface area contributed by atoms with E-state index in [2.05, 4.69) is 24.2 Å². The Labute approximate surface area is 121 Å². The van der Waals surface area contributed by atoms with Crippen LogP contribution in [-0.4, -0.2) is 38.7 Å². The first-order valence-corrected chi connectivity index (χ1v) is 7.41. The highest BCUT2D eigenvalue weighted by Crippen LogP contribution is 2.36. The largest absolute Gasteiger partial charge is 0.494 e. The Morgan fingerprint density at radius 1 is 1.45 bits per heavy atom. The Morgan fingerprint density at radius 2 is 2.25 bits per heavy atom. The molecule has 0 amide bonds. The van der Waals surface area contributed by atoms with Crippen LogP contribution < -0.4 is 10.1 Å². The quantitative estimate of drug-likeness (QED) is 0.897. The van der Waals surface area contributed by atoms with Crippen molar-refractivity contribution in [1.82, 2.24) is 10.2 Å². The molecule has 0 radical (unpaired) electrons. The average molecular weight is 280 g/mol. The molecule has 0 bridgehead atoms. The maximum absolute atomic E-state index is 14.0. The number of nitrogens with zero attached hydrogens (tertiary/aromatic N) is 1. The molecule has 1 fully saturated rings. The van der Waals surface area contributed by atoms with Gasteiger partial charge in [-0.1, -0.05) is 13.0 Å². The van der Waals surface area contributed by atoms with E-state index in [9.17, 15) is 4.39 Å². The fraction of sp³-hybridized carbons (Fsp3) is 0.625. The van der Waals surface area contributed by atoms with Gasteiger partial charge >= 0.3 is 0 Å². The van der Waals surface area contributed by atoms with Gasteiger partial charge in [0, 0.05) is 6.04 Å². The van der Waals surface area contributed by atoms with E-state index < -0.39 is 0 Å². The Morgan fingerprint density at radius 3 is 2.90 bits per heavy atom. The predicted molar refractivity (Wildman–Crippen MR) is 79.6 cm³/mol. The summed E-state index contributed by atoms with van der Waals surface area (Å²) in [5.41, 5.74) is 1.05. The average Bonchev–Trinajstić information content (AvgIpc) is 2.45. The number of likely N-dealkylation sites (tertiary alicyclic amines) is 1. The second-order valence-corrected chi connectivity index (χ2v) is 5.53. The molecule has 1 aromatic carbocycles. The molecule has 4 heteroatoms. The molecule has 20 heavy (non-hydrogen) atoms.